The molecule has 1 saturated carbocycles. The minimum absolute atomic E-state index is 0.210. The van der Waals surface area contributed by atoms with Crippen LogP contribution in [0.4, 0.5) is 0 Å². The second-order valence-corrected chi connectivity index (χ2v) is 5.69. The minimum atomic E-state index is -0.210. The van der Waals surface area contributed by atoms with Gasteiger partial charge in [-0.2, -0.15) is 0 Å². The SMILES string of the molecule is CC(C)[C@@H](N)CC1CCC2(CC1)OCCO2. The van der Waals surface area contributed by atoms with E-state index in [9.17, 15) is 0 Å². The third kappa shape index (κ3) is 2.76. The summed E-state index contributed by atoms with van der Waals surface area (Å²) >= 11 is 0. The van der Waals surface area contributed by atoms with Crippen molar-refractivity contribution < 1.29 is 9.47 Å². The van der Waals surface area contributed by atoms with Gasteiger partial charge in [0.15, 0.2) is 5.79 Å². The molecule has 1 heterocycles. The second kappa shape index (κ2) is 5.03. The Morgan fingerprint density at radius 3 is 2.25 bits per heavy atom. The van der Waals surface area contributed by atoms with E-state index in [0.29, 0.717) is 12.0 Å². The van der Waals surface area contributed by atoms with Crippen LogP contribution in [0.15, 0.2) is 0 Å². The topological polar surface area (TPSA) is 44.5 Å². The molecule has 0 radical (unpaired) electrons. The lowest BCUT2D eigenvalue weighted by Gasteiger charge is -2.36. The first-order chi connectivity index (χ1) is 7.61. The summed E-state index contributed by atoms with van der Waals surface area (Å²) in [5.41, 5.74) is 6.13. The molecule has 0 aromatic carbocycles. The molecule has 0 aromatic rings. The van der Waals surface area contributed by atoms with E-state index in [1.807, 2.05) is 0 Å². The van der Waals surface area contributed by atoms with Gasteiger partial charge in [0.2, 0.25) is 0 Å². The molecule has 1 spiro atoms. The maximum Gasteiger partial charge on any atom is 0.168 e. The van der Waals surface area contributed by atoms with Crippen molar-refractivity contribution in [2.75, 3.05) is 13.2 Å². The van der Waals surface area contributed by atoms with Crippen LogP contribution in [0.3, 0.4) is 0 Å². The summed E-state index contributed by atoms with van der Waals surface area (Å²) in [5.74, 6) is 1.16. The molecule has 0 aromatic heterocycles. The van der Waals surface area contributed by atoms with Gasteiger partial charge in [-0.15, -0.1) is 0 Å². The Morgan fingerprint density at radius 2 is 1.75 bits per heavy atom. The normalized spacial score (nSPS) is 27.8. The van der Waals surface area contributed by atoms with Crippen LogP contribution >= 0.6 is 0 Å². The summed E-state index contributed by atoms with van der Waals surface area (Å²) in [4.78, 5) is 0. The molecule has 94 valence electrons. The fourth-order valence-electron chi connectivity index (χ4n) is 2.80. The van der Waals surface area contributed by atoms with Gasteiger partial charge in [0.1, 0.15) is 0 Å². The zero-order valence-electron chi connectivity index (χ0n) is 10.6. The Bertz CT molecular complexity index is 214. The molecule has 2 N–H and O–H groups in total. The van der Waals surface area contributed by atoms with Gasteiger partial charge in [-0.1, -0.05) is 13.8 Å². The molecule has 1 aliphatic heterocycles. The number of hydrogen-bond donors (Lipinski definition) is 1. The van der Waals surface area contributed by atoms with Gasteiger partial charge < -0.3 is 15.2 Å². The molecule has 2 aliphatic rings. The van der Waals surface area contributed by atoms with Gasteiger partial charge >= 0.3 is 0 Å². The van der Waals surface area contributed by atoms with Crippen molar-refractivity contribution >= 4 is 0 Å². The van der Waals surface area contributed by atoms with Crippen molar-refractivity contribution in [2.24, 2.45) is 17.6 Å². The molecule has 2 rings (SSSR count). The van der Waals surface area contributed by atoms with Gasteiger partial charge in [-0.3, -0.25) is 0 Å². The average molecular weight is 227 g/mol. The maximum atomic E-state index is 6.13. The van der Waals surface area contributed by atoms with Crippen LogP contribution in [0.2, 0.25) is 0 Å². The summed E-state index contributed by atoms with van der Waals surface area (Å²) in [6.45, 7) is 5.96. The molecule has 1 aliphatic carbocycles. The van der Waals surface area contributed by atoms with Crippen LogP contribution < -0.4 is 5.73 Å². The number of nitrogens with two attached hydrogens (primary N) is 1. The molecule has 3 heteroatoms. The molecule has 0 bridgehead atoms. The van der Waals surface area contributed by atoms with Crippen LogP contribution in [0.5, 0.6) is 0 Å². The van der Waals surface area contributed by atoms with Gasteiger partial charge in [-0.05, 0) is 31.1 Å². The van der Waals surface area contributed by atoms with E-state index in [0.717, 1.165) is 38.4 Å². The lowest BCUT2D eigenvalue weighted by atomic mass is 9.80. The number of hydrogen-bond acceptors (Lipinski definition) is 3. The van der Waals surface area contributed by atoms with E-state index < -0.39 is 0 Å². The Labute approximate surface area is 98.7 Å². The van der Waals surface area contributed by atoms with Crippen molar-refractivity contribution in [3.05, 3.63) is 0 Å². The molecule has 0 amide bonds. The highest BCUT2D eigenvalue weighted by Crippen LogP contribution is 2.39. The van der Waals surface area contributed by atoms with Crippen LogP contribution in [0.1, 0.15) is 46.0 Å². The standard InChI is InChI=1S/C13H25NO2/c1-10(2)12(14)9-11-3-5-13(6-4-11)15-7-8-16-13/h10-12H,3-9,14H2,1-2H3/t12-/m0/s1. The summed E-state index contributed by atoms with van der Waals surface area (Å²) in [6, 6.07) is 0.351. The summed E-state index contributed by atoms with van der Waals surface area (Å²) in [5, 5.41) is 0. The molecule has 1 saturated heterocycles. The first kappa shape index (κ1) is 12.3. The largest absolute Gasteiger partial charge is 0.348 e. The van der Waals surface area contributed by atoms with E-state index in [2.05, 4.69) is 13.8 Å². The lowest BCUT2D eigenvalue weighted by Crippen LogP contribution is -2.37. The molecule has 16 heavy (non-hydrogen) atoms. The van der Waals surface area contributed by atoms with Gasteiger partial charge in [0, 0.05) is 18.9 Å². The Hall–Kier alpha value is -0.120. The van der Waals surface area contributed by atoms with Crippen LogP contribution in [0.25, 0.3) is 0 Å². The molecule has 1 atom stereocenters. The van der Waals surface area contributed by atoms with Crippen LogP contribution in [-0.4, -0.2) is 25.0 Å². The van der Waals surface area contributed by atoms with Crippen LogP contribution in [0, 0.1) is 11.8 Å². The number of ether oxygens (including phenoxy) is 2. The monoisotopic (exact) mass is 227 g/mol. The van der Waals surface area contributed by atoms with Gasteiger partial charge in [0.25, 0.3) is 0 Å². The third-order valence-electron chi connectivity index (χ3n) is 4.14. The molecule has 2 fully saturated rings. The smallest absolute Gasteiger partial charge is 0.168 e. The van der Waals surface area contributed by atoms with E-state index in [1.165, 1.54) is 12.8 Å². The van der Waals surface area contributed by atoms with E-state index >= 15 is 0 Å². The first-order valence-corrected chi connectivity index (χ1v) is 6.65. The van der Waals surface area contributed by atoms with E-state index in [-0.39, 0.29) is 5.79 Å². The predicted molar refractivity (Wildman–Crippen MR) is 64.0 cm³/mol. The first-order valence-electron chi connectivity index (χ1n) is 6.65. The zero-order chi connectivity index (χ0) is 11.6. The van der Waals surface area contributed by atoms with Crippen molar-refractivity contribution in [2.45, 2.75) is 57.8 Å². The predicted octanol–water partition coefficient (Wildman–Crippen LogP) is 2.29. The van der Waals surface area contributed by atoms with E-state index in [4.69, 9.17) is 15.2 Å². The fraction of sp³-hybridized carbons (Fsp3) is 1.00. The van der Waals surface area contributed by atoms with Crippen molar-refractivity contribution in [1.82, 2.24) is 0 Å². The summed E-state index contributed by atoms with van der Waals surface area (Å²) < 4.78 is 11.5. The fourth-order valence-corrected chi connectivity index (χ4v) is 2.80. The lowest BCUT2D eigenvalue weighted by molar-refractivity contribution is -0.183. The molecule has 0 unspecified atom stereocenters. The Kier molecular flexibility index (Phi) is 3.88. The highest BCUT2D eigenvalue weighted by atomic mass is 16.7. The Balaban J connectivity index is 1.76. The van der Waals surface area contributed by atoms with Gasteiger partial charge in [0.05, 0.1) is 13.2 Å². The highest BCUT2D eigenvalue weighted by molar-refractivity contribution is 4.84. The third-order valence-corrected chi connectivity index (χ3v) is 4.14. The van der Waals surface area contributed by atoms with Crippen LogP contribution in [-0.2, 0) is 9.47 Å². The zero-order valence-corrected chi connectivity index (χ0v) is 10.6. The highest BCUT2D eigenvalue weighted by Gasteiger charge is 2.40. The summed E-state index contributed by atoms with van der Waals surface area (Å²) in [7, 11) is 0. The molecule has 3 nitrogen and oxygen atoms in total. The number of rotatable bonds is 3. The van der Waals surface area contributed by atoms with Crippen molar-refractivity contribution in [3.8, 4) is 0 Å². The maximum absolute atomic E-state index is 6.13. The quantitative estimate of drug-likeness (QED) is 0.804. The second-order valence-electron chi connectivity index (χ2n) is 5.69. The minimum Gasteiger partial charge on any atom is -0.348 e. The van der Waals surface area contributed by atoms with Gasteiger partial charge in [-0.25, -0.2) is 0 Å². The van der Waals surface area contributed by atoms with Crippen molar-refractivity contribution in [1.29, 1.82) is 0 Å². The average Bonchev–Trinajstić information content (AvgIpc) is 2.70. The molecular weight excluding hydrogens is 202 g/mol. The van der Waals surface area contributed by atoms with E-state index in [1.54, 1.807) is 0 Å². The van der Waals surface area contributed by atoms with Crippen molar-refractivity contribution in [3.63, 3.8) is 0 Å². The summed E-state index contributed by atoms with van der Waals surface area (Å²) in [6.07, 6.45) is 5.69. The Morgan fingerprint density at radius 1 is 1.19 bits per heavy atom. The molecular formula is C13H25NO2.